The number of carbonyl (C=O) groups is 4. The third-order valence-corrected chi connectivity index (χ3v) is 5.70. The molecule has 10 nitrogen and oxygen atoms in total. The summed E-state index contributed by atoms with van der Waals surface area (Å²) in [5, 5.41) is 24.2. The maximum atomic E-state index is 13.3. The molecule has 0 spiro atoms. The van der Waals surface area contributed by atoms with E-state index in [2.05, 4.69) is 10.6 Å². The Kier molecular flexibility index (Phi) is 11.2. The van der Waals surface area contributed by atoms with Crippen molar-refractivity contribution in [3.63, 3.8) is 0 Å². The molecule has 0 aliphatic carbocycles. The van der Waals surface area contributed by atoms with Crippen LogP contribution in [0.15, 0.2) is 24.3 Å². The van der Waals surface area contributed by atoms with E-state index in [0.717, 1.165) is 0 Å². The topological polar surface area (TPSA) is 139 Å². The van der Waals surface area contributed by atoms with E-state index in [1.807, 2.05) is 13.8 Å². The first-order valence-corrected chi connectivity index (χ1v) is 11.2. The number of allylic oxidation sites excluding steroid dienone is 2. The minimum atomic E-state index is -1.05. The molecule has 5 atom stereocenters. The second kappa shape index (κ2) is 13.1. The first kappa shape index (κ1) is 28.3. The van der Waals surface area contributed by atoms with E-state index in [1.54, 1.807) is 6.92 Å². The number of nitrogens with zero attached hydrogens (tertiary/aromatic N) is 2. The van der Waals surface area contributed by atoms with Crippen molar-refractivity contribution in [2.45, 2.75) is 70.9 Å². The molecule has 1 aliphatic rings. The molecule has 0 bridgehead atoms. The van der Waals surface area contributed by atoms with Crippen LogP contribution in [0.1, 0.15) is 40.5 Å². The van der Waals surface area contributed by atoms with Gasteiger partial charge in [0.1, 0.15) is 18.1 Å². The second-order valence-corrected chi connectivity index (χ2v) is 8.73. The molecule has 0 aromatic rings. The summed E-state index contributed by atoms with van der Waals surface area (Å²) in [5.74, 6) is -1.76. The van der Waals surface area contributed by atoms with Gasteiger partial charge >= 0.3 is 0 Å². The molecule has 186 valence electrons. The molecule has 1 fully saturated rings. The summed E-state index contributed by atoms with van der Waals surface area (Å²) in [5.41, 5.74) is 0. The van der Waals surface area contributed by atoms with Crippen LogP contribution in [0.5, 0.6) is 0 Å². The lowest BCUT2D eigenvalue weighted by molar-refractivity contribution is -0.150. The highest BCUT2D eigenvalue weighted by molar-refractivity contribution is 5.96. The van der Waals surface area contributed by atoms with Crippen LogP contribution in [0.3, 0.4) is 0 Å². The predicted molar refractivity (Wildman–Crippen MR) is 124 cm³/mol. The Morgan fingerprint density at radius 2 is 1.73 bits per heavy atom. The van der Waals surface area contributed by atoms with E-state index >= 15 is 0 Å². The fourth-order valence-corrected chi connectivity index (χ4v) is 3.48. The molecule has 10 heteroatoms. The number of amides is 4. The zero-order valence-electron chi connectivity index (χ0n) is 20.3. The quantitative estimate of drug-likeness (QED) is 0.309. The highest BCUT2D eigenvalue weighted by Gasteiger charge is 2.37. The molecule has 0 aromatic carbocycles. The third kappa shape index (κ3) is 8.29. The molecular formula is C23H38N4O6. The van der Waals surface area contributed by atoms with Crippen LogP contribution < -0.4 is 10.6 Å². The zero-order valence-corrected chi connectivity index (χ0v) is 20.3. The number of rotatable bonds is 6. The van der Waals surface area contributed by atoms with Crippen LogP contribution in [0.25, 0.3) is 0 Å². The van der Waals surface area contributed by atoms with Crippen molar-refractivity contribution < 1.29 is 29.4 Å². The highest BCUT2D eigenvalue weighted by Crippen LogP contribution is 2.17. The van der Waals surface area contributed by atoms with Crippen LogP contribution >= 0.6 is 0 Å². The van der Waals surface area contributed by atoms with E-state index in [0.29, 0.717) is 13.0 Å². The van der Waals surface area contributed by atoms with Crippen molar-refractivity contribution in [1.82, 2.24) is 20.4 Å². The van der Waals surface area contributed by atoms with Crippen molar-refractivity contribution in [2.24, 2.45) is 5.92 Å². The number of nitrogens with one attached hydrogen (secondary N) is 2. The molecule has 4 N–H and O–H groups in total. The summed E-state index contributed by atoms with van der Waals surface area (Å²) in [6.45, 7) is 7.02. The lowest BCUT2D eigenvalue weighted by Crippen LogP contribution is -2.59. The minimum Gasteiger partial charge on any atom is -0.390 e. The first-order valence-electron chi connectivity index (χ1n) is 11.2. The maximum Gasteiger partial charge on any atom is 0.246 e. The van der Waals surface area contributed by atoms with E-state index in [4.69, 9.17) is 0 Å². The van der Waals surface area contributed by atoms with Gasteiger partial charge in [0.15, 0.2) is 0 Å². The molecule has 0 unspecified atom stereocenters. The number of hydrogen-bond acceptors (Lipinski definition) is 6. The summed E-state index contributed by atoms with van der Waals surface area (Å²) in [7, 11) is 3.07. The van der Waals surface area contributed by atoms with E-state index in [-0.39, 0.29) is 24.2 Å². The molecule has 1 aliphatic heterocycles. The second-order valence-electron chi connectivity index (χ2n) is 8.73. The Labute approximate surface area is 195 Å². The summed E-state index contributed by atoms with van der Waals surface area (Å²) in [6.07, 6.45) is 4.10. The Morgan fingerprint density at radius 1 is 1.09 bits per heavy atom. The molecule has 1 rings (SSSR count). The van der Waals surface area contributed by atoms with Crippen LogP contribution in [0.2, 0.25) is 0 Å². The van der Waals surface area contributed by atoms with Crippen molar-refractivity contribution in [1.29, 1.82) is 0 Å². The number of likely N-dealkylation sites (N-methyl/N-ethyl adjacent to an activating group) is 2. The van der Waals surface area contributed by atoms with Gasteiger partial charge in [0.2, 0.25) is 23.6 Å². The van der Waals surface area contributed by atoms with Gasteiger partial charge in [0.05, 0.1) is 12.2 Å². The molecule has 1 heterocycles. The van der Waals surface area contributed by atoms with Crippen LogP contribution in [0.4, 0.5) is 0 Å². The highest BCUT2D eigenvalue weighted by atomic mass is 16.3. The van der Waals surface area contributed by atoms with E-state index in [9.17, 15) is 29.4 Å². The Morgan fingerprint density at radius 3 is 2.30 bits per heavy atom. The monoisotopic (exact) mass is 466 g/mol. The molecule has 0 saturated carbocycles. The largest absolute Gasteiger partial charge is 0.390 e. The Bertz CT molecular complexity index is 764. The Balaban J connectivity index is 3.06. The average molecular weight is 467 g/mol. The average Bonchev–Trinajstić information content (AvgIpc) is 2.75. The van der Waals surface area contributed by atoms with Gasteiger partial charge in [-0.15, -0.1) is 0 Å². The van der Waals surface area contributed by atoms with Gasteiger partial charge < -0.3 is 30.6 Å². The first-order chi connectivity index (χ1) is 15.4. The number of aliphatic hydroxyl groups is 2. The van der Waals surface area contributed by atoms with E-state index < -0.39 is 42.1 Å². The van der Waals surface area contributed by atoms with Crippen LogP contribution in [0, 0.1) is 5.92 Å². The van der Waals surface area contributed by atoms with Crippen LogP contribution in [-0.4, -0.2) is 94.6 Å². The van der Waals surface area contributed by atoms with Crippen molar-refractivity contribution in [3.05, 3.63) is 24.3 Å². The lowest BCUT2D eigenvalue weighted by atomic mass is 9.98. The van der Waals surface area contributed by atoms with Crippen molar-refractivity contribution in [2.75, 3.05) is 20.6 Å². The van der Waals surface area contributed by atoms with Crippen molar-refractivity contribution in [3.8, 4) is 0 Å². The van der Waals surface area contributed by atoms with E-state index in [1.165, 1.54) is 55.1 Å². The predicted octanol–water partition coefficient (Wildman–Crippen LogP) is -0.435. The summed E-state index contributed by atoms with van der Waals surface area (Å²) >= 11 is 0. The Hall–Kier alpha value is -2.72. The fourth-order valence-electron chi connectivity index (χ4n) is 3.48. The number of hydrogen-bond donors (Lipinski definition) is 4. The smallest absolute Gasteiger partial charge is 0.246 e. The van der Waals surface area contributed by atoms with Gasteiger partial charge in [-0.25, -0.2) is 0 Å². The molecule has 0 aromatic heterocycles. The minimum absolute atomic E-state index is 0.214. The molecular weight excluding hydrogens is 428 g/mol. The summed E-state index contributed by atoms with van der Waals surface area (Å²) < 4.78 is 0. The molecule has 0 radical (unpaired) electrons. The van der Waals surface area contributed by atoms with Crippen LogP contribution in [-0.2, 0) is 19.2 Å². The maximum absolute atomic E-state index is 13.3. The SMILES string of the molecule is CC(C)[C@H]1C(=O)N(C)[C@@H](C)C(=O)NCCC[C@H](NC(=O)/C=C/C=C/[C@H](O)[C@H](C)O)C(=O)N1C. The summed E-state index contributed by atoms with van der Waals surface area (Å²) in [6, 6.07) is -2.35. The van der Waals surface area contributed by atoms with Gasteiger partial charge in [0.25, 0.3) is 0 Å². The normalized spacial score (nSPS) is 25.7. The van der Waals surface area contributed by atoms with Gasteiger partial charge in [-0.3, -0.25) is 19.2 Å². The zero-order chi connectivity index (χ0) is 25.3. The summed E-state index contributed by atoms with van der Waals surface area (Å²) in [4.78, 5) is 53.9. The number of aliphatic hydroxyl groups excluding tert-OH is 2. The molecule has 1 saturated heterocycles. The molecule has 4 amide bonds. The van der Waals surface area contributed by atoms with Gasteiger partial charge in [0, 0.05) is 26.7 Å². The standard InChI is InChI=1S/C23H38N4O6/c1-14(2)20-23(33)26(5)15(3)21(31)24-13-9-10-17(22(32)27(20)6)25-19(30)12-8-7-11-18(29)16(4)28/h7-8,11-12,14-18,20,28-29H,9-10,13H2,1-6H3,(H,24,31)(H,25,30)/b11-7+,12-8+/t15-,16-,17-,18-,20-/m0/s1. The van der Waals surface area contributed by atoms with Crippen molar-refractivity contribution >= 4 is 23.6 Å². The fraction of sp³-hybridized carbons (Fsp3) is 0.652. The number of carbonyl (C=O) groups excluding carboxylic acids is 4. The van der Waals surface area contributed by atoms with Gasteiger partial charge in [-0.05, 0) is 32.6 Å². The van der Waals surface area contributed by atoms with Gasteiger partial charge in [-0.1, -0.05) is 32.1 Å². The lowest BCUT2D eigenvalue weighted by Gasteiger charge is -2.37. The van der Waals surface area contributed by atoms with Gasteiger partial charge in [-0.2, -0.15) is 0 Å². The third-order valence-electron chi connectivity index (χ3n) is 5.70. The molecule has 33 heavy (non-hydrogen) atoms.